The van der Waals surface area contributed by atoms with Crippen molar-refractivity contribution in [1.29, 1.82) is 0 Å². The van der Waals surface area contributed by atoms with Crippen LogP contribution in [0.1, 0.15) is 45.0 Å². The number of nitrogens with one attached hydrogen (secondary N) is 2. The maximum Gasteiger partial charge on any atom is 0.413 e. The number of alkyl carbamates (subject to hydrolysis) is 1. The molecule has 0 saturated carbocycles. The van der Waals surface area contributed by atoms with Crippen LogP contribution in [0.5, 0.6) is 0 Å². The predicted molar refractivity (Wildman–Crippen MR) is 118 cm³/mol. The number of amides is 3. The number of methoxy groups -OCH3 is 1. The van der Waals surface area contributed by atoms with E-state index < -0.39 is 27.9 Å². The molecule has 1 aromatic heterocycles. The summed E-state index contributed by atoms with van der Waals surface area (Å²) in [6.45, 7) is 7.02. The average molecular weight is 468 g/mol. The Morgan fingerprint density at radius 2 is 1.65 bits per heavy atom. The Balaban J connectivity index is 2.28. The van der Waals surface area contributed by atoms with Gasteiger partial charge in [0.25, 0.3) is 11.8 Å². The van der Waals surface area contributed by atoms with Gasteiger partial charge >= 0.3 is 6.09 Å². The zero-order valence-corrected chi connectivity index (χ0v) is 19.7. The molecule has 0 aliphatic carbocycles. The van der Waals surface area contributed by atoms with Crippen LogP contribution in [-0.2, 0) is 14.8 Å². The van der Waals surface area contributed by atoms with Crippen LogP contribution in [0, 0.1) is 13.8 Å². The largest absolute Gasteiger partial charge is 0.453 e. The van der Waals surface area contributed by atoms with Gasteiger partial charge in [0.05, 0.1) is 17.6 Å². The Labute approximate surface area is 185 Å². The fourth-order valence-corrected chi connectivity index (χ4v) is 5.01. The number of nitrogens with zero attached hydrogens (tertiary/aromatic N) is 1. The molecule has 0 atom stereocenters. The van der Waals surface area contributed by atoms with Gasteiger partial charge in [-0.1, -0.05) is 0 Å². The Bertz CT molecular complexity index is 1100. The molecule has 1 aromatic carbocycles. The third kappa shape index (κ3) is 5.30. The van der Waals surface area contributed by atoms with Crippen LogP contribution in [-0.4, -0.2) is 50.8 Å². The maximum absolute atomic E-state index is 12.7. The smallest absolute Gasteiger partial charge is 0.413 e. The van der Waals surface area contributed by atoms with E-state index in [9.17, 15) is 22.8 Å². The van der Waals surface area contributed by atoms with E-state index in [-0.39, 0.29) is 27.1 Å². The minimum absolute atomic E-state index is 0.0706. The molecular formula is C20H25N3O6S2. The number of ether oxygens (including phenoxy) is 1. The van der Waals surface area contributed by atoms with E-state index in [0.29, 0.717) is 5.56 Å². The molecule has 1 heterocycles. The Hall–Kier alpha value is -2.76. The highest BCUT2D eigenvalue weighted by Gasteiger charge is 2.25. The predicted octanol–water partition coefficient (Wildman–Crippen LogP) is 3.14. The molecule has 31 heavy (non-hydrogen) atoms. The van der Waals surface area contributed by atoms with Crippen molar-refractivity contribution in [2.45, 2.75) is 38.6 Å². The van der Waals surface area contributed by atoms with Crippen molar-refractivity contribution >= 4 is 44.3 Å². The first-order valence-corrected chi connectivity index (χ1v) is 11.5. The summed E-state index contributed by atoms with van der Waals surface area (Å²) >= 11 is 1.19. The molecule has 2 aromatic rings. The van der Waals surface area contributed by atoms with E-state index in [0.717, 1.165) is 12.0 Å². The first kappa shape index (κ1) is 24.5. The molecular weight excluding hydrogens is 442 g/mol. The number of sulfonamides is 1. The molecule has 0 saturated heterocycles. The minimum Gasteiger partial charge on any atom is -0.453 e. The van der Waals surface area contributed by atoms with Crippen molar-refractivity contribution in [3.8, 4) is 0 Å². The van der Waals surface area contributed by atoms with Crippen molar-refractivity contribution in [3.05, 3.63) is 45.8 Å². The van der Waals surface area contributed by atoms with Crippen molar-refractivity contribution in [2.75, 3.05) is 19.5 Å². The number of hydrogen-bond donors (Lipinski definition) is 2. The normalized spacial score (nSPS) is 11.5. The first-order chi connectivity index (χ1) is 14.4. The number of anilines is 1. The van der Waals surface area contributed by atoms with Gasteiger partial charge < -0.3 is 10.1 Å². The molecule has 0 unspecified atom stereocenters. The lowest BCUT2D eigenvalue weighted by molar-refractivity contribution is 0.0937. The van der Waals surface area contributed by atoms with E-state index >= 15 is 0 Å². The van der Waals surface area contributed by atoms with E-state index in [4.69, 9.17) is 0 Å². The van der Waals surface area contributed by atoms with Gasteiger partial charge in [-0.2, -0.15) is 4.31 Å². The minimum atomic E-state index is -3.67. The van der Waals surface area contributed by atoms with Crippen LogP contribution < -0.4 is 10.6 Å². The van der Waals surface area contributed by atoms with E-state index in [1.165, 1.54) is 47.0 Å². The molecule has 9 nitrogen and oxygen atoms in total. The number of carbonyl (C=O) groups excluding carboxylic acids is 3. The molecule has 0 aliphatic rings. The van der Waals surface area contributed by atoms with Gasteiger partial charge in [0.1, 0.15) is 5.00 Å². The first-order valence-electron chi connectivity index (χ1n) is 9.28. The molecule has 168 valence electrons. The van der Waals surface area contributed by atoms with Crippen molar-refractivity contribution in [2.24, 2.45) is 0 Å². The highest BCUT2D eigenvalue weighted by molar-refractivity contribution is 7.89. The number of hydrogen-bond acceptors (Lipinski definition) is 7. The van der Waals surface area contributed by atoms with E-state index in [2.05, 4.69) is 15.4 Å². The SMILES string of the molecule is COC(=O)NC(=O)c1c(NC(=O)c2ccc(S(=O)(=O)N(C)C(C)C)cc2)sc(C)c1C. The molecule has 0 bridgehead atoms. The molecule has 0 radical (unpaired) electrons. The molecule has 2 N–H and O–H groups in total. The van der Waals surface area contributed by atoms with Gasteiger partial charge in [0.2, 0.25) is 10.0 Å². The maximum atomic E-state index is 12.7. The average Bonchev–Trinajstić information content (AvgIpc) is 3.00. The molecule has 0 spiro atoms. The highest BCUT2D eigenvalue weighted by atomic mass is 32.2. The van der Waals surface area contributed by atoms with Gasteiger partial charge in [0.15, 0.2) is 0 Å². The van der Waals surface area contributed by atoms with Crippen LogP contribution in [0.4, 0.5) is 9.80 Å². The zero-order valence-electron chi connectivity index (χ0n) is 18.1. The van der Waals surface area contributed by atoms with Crippen molar-refractivity contribution < 1.29 is 27.5 Å². The van der Waals surface area contributed by atoms with Crippen LogP contribution in [0.3, 0.4) is 0 Å². The Kier molecular flexibility index (Phi) is 7.58. The quantitative estimate of drug-likeness (QED) is 0.673. The molecule has 2 rings (SSSR count). The summed E-state index contributed by atoms with van der Waals surface area (Å²) in [6.07, 6.45) is -0.909. The number of imide groups is 1. The zero-order chi connectivity index (χ0) is 23.5. The summed E-state index contributed by atoms with van der Waals surface area (Å²) in [5.74, 6) is -1.21. The molecule has 3 amide bonds. The fourth-order valence-electron chi connectivity index (χ4n) is 2.59. The third-order valence-corrected chi connectivity index (χ3v) is 7.93. The summed E-state index contributed by atoms with van der Waals surface area (Å²) in [6, 6.07) is 5.31. The highest BCUT2D eigenvalue weighted by Crippen LogP contribution is 2.33. The number of aryl methyl sites for hydroxylation is 1. The molecule has 0 aliphatic heterocycles. The summed E-state index contributed by atoms with van der Waals surface area (Å²) in [5, 5.41) is 5.02. The lowest BCUT2D eigenvalue weighted by atomic mass is 10.1. The lowest BCUT2D eigenvalue weighted by Gasteiger charge is -2.21. The van der Waals surface area contributed by atoms with E-state index in [1.54, 1.807) is 27.7 Å². The standard InChI is InChI=1S/C20H25N3O6S2/c1-11(2)23(5)31(27,28)15-9-7-14(8-10-15)17(24)21-19-16(12(3)13(4)30-19)18(25)22-20(26)29-6/h7-11H,1-6H3,(H,21,24)(H,22,25,26). The lowest BCUT2D eigenvalue weighted by Crippen LogP contribution is -2.33. The van der Waals surface area contributed by atoms with Gasteiger partial charge in [-0.15, -0.1) is 11.3 Å². The van der Waals surface area contributed by atoms with Gasteiger partial charge in [-0.05, 0) is 57.5 Å². The number of benzene rings is 1. The van der Waals surface area contributed by atoms with Gasteiger partial charge in [-0.3, -0.25) is 14.9 Å². The summed E-state index contributed by atoms with van der Waals surface area (Å²) < 4.78 is 30.8. The van der Waals surface area contributed by atoms with Crippen LogP contribution in [0.25, 0.3) is 0 Å². The summed E-state index contributed by atoms with van der Waals surface area (Å²) in [4.78, 5) is 37.4. The second kappa shape index (κ2) is 9.58. The van der Waals surface area contributed by atoms with Crippen molar-refractivity contribution in [3.63, 3.8) is 0 Å². The monoisotopic (exact) mass is 467 g/mol. The topological polar surface area (TPSA) is 122 Å². The third-order valence-electron chi connectivity index (χ3n) is 4.76. The van der Waals surface area contributed by atoms with Crippen LogP contribution >= 0.6 is 11.3 Å². The number of thiophene rings is 1. The number of rotatable bonds is 6. The summed E-state index contributed by atoms with van der Waals surface area (Å²) in [5.41, 5.74) is 1.01. The molecule has 0 fully saturated rings. The second-order valence-electron chi connectivity index (χ2n) is 7.03. The fraction of sp³-hybridized carbons (Fsp3) is 0.350. The van der Waals surface area contributed by atoms with E-state index in [1.807, 2.05) is 0 Å². The number of carbonyl (C=O) groups is 3. The second-order valence-corrected chi connectivity index (χ2v) is 10.2. The van der Waals surface area contributed by atoms with Crippen LogP contribution in [0.15, 0.2) is 29.2 Å². The molecule has 11 heteroatoms. The summed E-state index contributed by atoms with van der Waals surface area (Å²) in [7, 11) is -1.04. The Morgan fingerprint density at radius 3 is 2.16 bits per heavy atom. The van der Waals surface area contributed by atoms with Crippen molar-refractivity contribution in [1.82, 2.24) is 9.62 Å². The Morgan fingerprint density at radius 1 is 1.06 bits per heavy atom. The van der Waals surface area contributed by atoms with Crippen LogP contribution in [0.2, 0.25) is 0 Å². The van der Waals surface area contributed by atoms with Gasteiger partial charge in [0, 0.05) is 23.5 Å². The van der Waals surface area contributed by atoms with Gasteiger partial charge in [-0.25, -0.2) is 13.2 Å².